The number of carbonyl (C=O) groups excluding carboxylic acids is 2. The van der Waals surface area contributed by atoms with Crippen molar-refractivity contribution in [1.29, 1.82) is 0 Å². The summed E-state index contributed by atoms with van der Waals surface area (Å²) in [5.74, 6) is -3.00. The van der Waals surface area contributed by atoms with Gasteiger partial charge in [-0.3, -0.25) is 9.59 Å². The molecule has 2 atom stereocenters. The molecule has 4 rings (SSSR count). The molecule has 2 aromatic rings. The van der Waals surface area contributed by atoms with Gasteiger partial charge < -0.3 is 24.8 Å². The smallest absolute Gasteiger partial charge is 0.407 e. The topological polar surface area (TPSA) is 105 Å². The summed E-state index contributed by atoms with van der Waals surface area (Å²) in [6.07, 6.45) is -4.75. The van der Waals surface area contributed by atoms with Crippen LogP contribution in [0.4, 0.5) is 13.6 Å². The van der Waals surface area contributed by atoms with Crippen LogP contribution in [0.3, 0.4) is 0 Å². The molecule has 2 aromatic carbocycles. The number of ether oxygens (including phenoxy) is 2. The molecular formula is C25H26F2N2O6. The molecule has 10 heteroatoms. The van der Waals surface area contributed by atoms with Crippen LogP contribution in [0.5, 0.6) is 0 Å². The maximum absolute atomic E-state index is 13.6. The number of alkyl halides is 2. The summed E-state index contributed by atoms with van der Waals surface area (Å²) in [7, 11) is 0. The van der Waals surface area contributed by atoms with Gasteiger partial charge in [-0.15, -0.1) is 0 Å². The van der Waals surface area contributed by atoms with E-state index in [2.05, 4.69) is 5.32 Å². The number of carbonyl (C=O) groups is 3. The molecule has 1 fully saturated rings. The molecule has 1 heterocycles. The third-order valence-corrected chi connectivity index (χ3v) is 6.31. The maximum Gasteiger partial charge on any atom is 0.407 e. The van der Waals surface area contributed by atoms with Gasteiger partial charge in [0, 0.05) is 19.0 Å². The molecule has 1 aliphatic heterocycles. The van der Waals surface area contributed by atoms with Crippen LogP contribution in [-0.4, -0.2) is 73.4 Å². The molecule has 0 saturated carbocycles. The molecule has 0 radical (unpaired) electrons. The Morgan fingerprint density at radius 1 is 1.09 bits per heavy atom. The second-order valence-electron chi connectivity index (χ2n) is 8.56. The fourth-order valence-electron chi connectivity index (χ4n) is 4.50. The Hall–Kier alpha value is -3.53. The van der Waals surface area contributed by atoms with E-state index in [4.69, 9.17) is 9.47 Å². The van der Waals surface area contributed by atoms with Crippen LogP contribution in [0.2, 0.25) is 0 Å². The van der Waals surface area contributed by atoms with Crippen LogP contribution in [0.15, 0.2) is 48.5 Å². The van der Waals surface area contributed by atoms with Gasteiger partial charge in [0.25, 0.3) is 6.43 Å². The van der Waals surface area contributed by atoms with E-state index in [0.29, 0.717) is 0 Å². The van der Waals surface area contributed by atoms with Gasteiger partial charge in [0.1, 0.15) is 12.6 Å². The van der Waals surface area contributed by atoms with Crippen molar-refractivity contribution in [2.45, 2.75) is 24.8 Å². The highest BCUT2D eigenvalue weighted by atomic mass is 19.3. The lowest BCUT2D eigenvalue weighted by atomic mass is 9.98. The third kappa shape index (κ3) is 5.59. The number of hydrogen-bond acceptors (Lipinski definition) is 5. The number of alkyl carbamates (subject to hydrolysis) is 1. The van der Waals surface area contributed by atoms with Crippen molar-refractivity contribution in [2.75, 3.05) is 32.9 Å². The Labute approximate surface area is 200 Å². The average molecular weight is 488 g/mol. The van der Waals surface area contributed by atoms with Crippen LogP contribution in [0.25, 0.3) is 11.1 Å². The van der Waals surface area contributed by atoms with E-state index < -0.39 is 42.8 Å². The van der Waals surface area contributed by atoms with Gasteiger partial charge in [0.2, 0.25) is 5.91 Å². The van der Waals surface area contributed by atoms with Crippen molar-refractivity contribution in [1.82, 2.24) is 10.2 Å². The molecule has 2 amide bonds. The lowest BCUT2D eigenvalue weighted by Gasteiger charge is -2.25. The van der Waals surface area contributed by atoms with Crippen LogP contribution in [0.1, 0.15) is 23.5 Å². The van der Waals surface area contributed by atoms with Crippen molar-refractivity contribution >= 4 is 18.0 Å². The lowest BCUT2D eigenvalue weighted by Crippen LogP contribution is -2.46. The number of halogens is 2. The third-order valence-electron chi connectivity index (χ3n) is 6.31. The van der Waals surface area contributed by atoms with Crippen LogP contribution in [-0.2, 0) is 19.1 Å². The zero-order valence-electron chi connectivity index (χ0n) is 18.9. The number of hydrogen-bond donors (Lipinski definition) is 2. The number of carboxylic acid groups (broad SMARTS) is 1. The van der Waals surface area contributed by atoms with Gasteiger partial charge in [-0.05, 0) is 22.3 Å². The zero-order chi connectivity index (χ0) is 24.9. The monoisotopic (exact) mass is 488 g/mol. The predicted octanol–water partition coefficient (Wildman–Crippen LogP) is 3.11. The molecule has 1 saturated heterocycles. The van der Waals surface area contributed by atoms with Gasteiger partial charge in [-0.25, -0.2) is 13.6 Å². The lowest BCUT2D eigenvalue weighted by molar-refractivity contribution is -0.144. The predicted molar refractivity (Wildman–Crippen MR) is 121 cm³/mol. The molecule has 186 valence electrons. The maximum atomic E-state index is 13.6. The number of amides is 2. The highest BCUT2D eigenvalue weighted by Gasteiger charge is 2.33. The van der Waals surface area contributed by atoms with Crippen molar-refractivity contribution in [3.63, 3.8) is 0 Å². The Kier molecular flexibility index (Phi) is 7.60. The van der Waals surface area contributed by atoms with Crippen molar-refractivity contribution in [3.8, 4) is 11.1 Å². The van der Waals surface area contributed by atoms with Crippen molar-refractivity contribution in [3.05, 3.63) is 59.7 Å². The summed E-state index contributed by atoms with van der Waals surface area (Å²) >= 11 is 0. The number of aliphatic carboxylic acids is 1. The minimum Gasteiger partial charge on any atom is -0.481 e. The minimum absolute atomic E-state index is 0.0481. The summed E-state index contributed by atoms with van der Waals surface area (Å²) in [4.78, 5) is 37.5. The standard InChI is InChI=1S/C25H26F2N2O6/c26-23(27)21(11-22(30)29-9-10-34-13-15(12-29)24(31)32)28-25(33)35-14-20-18-7-3-1-5-16(18)17-6-2-4-8-19(17)20/h1-8,15,20-21,23H,9-14H2,(H,28,33)(H,31,32). The summed E-state index contributed by atoms with van der Waals surface area (Å²) < 4.78 is 37.8. The summed E-state index contributed by atoms with van der Waals surface area (Å²) in [5.41, 5.74) is 4.04. The van der Waals surface area contributed by atoms with Crippen molar-refractivity contribution < 1.29 is 37.7 Å². The average Bonchev–Trinajstić information content (AvgIpc) is 2.97. The van der Waals surface area contributed by atoms with Crippen LogP contribution in [0, 0.1) is 5.92 Å². The highest BCUT2D eigenvalue weighted by molar-refractivity contribution is 5.80. The second-order valence-corrected chi connectivity index (χ2v) is 8.56. The van der Waals surface area contributed by atoms with E-state index in [0.717, 1.165) is 22.3 Å². The highest BCUT2D eigenvalue weighted by Crippen LogP contribution is 2.44. The summed E-state index contributed by atoms with van der Waals surface area (Å²) in [6, 6.07) is 13.7. The second kappa shape index (κ2) is 10.8. The number of fused-ring (bicyclic) bond motifs is 3. The molecule has 0 spiro atoms. The molecule has 2 aliphatic rings. The number of carboxylic acids is 1. The fraction of sp³-hybridized carbons (Fsp3) is 0.400. The van der Waals surface area contributed by atoms with E-state index in [1.165, 1.54) is 4.90 Å². The Balaban J connectivity index is 1.36. The molecule has 8 nitrogen and oxygen atoms in total. The molecule has 2 N–H and O–H groups in total. The first kappa shape index (κ1) is 24.6. The summed E-state index contributed by atoms with van der Waals surface area (Å²) in [6.45, 7) is -0.0594. The Morgan fingerprint density at radius 2 is 1.71 bits per heavy atom. The molecule has 1 aliphatic carbocycles. The van der Waals surface area contributed by atoms with Gasteiger partial charge in [-0.2, -0.15) is 0 Å². The van der Waals surface area contributed by atoms with Gasteiger partial charge in [-0.1, -0.05) is 48.5 Å². The number of benzene rings is 2. The van der Waals surface area contributed by atoms with Gasteiger partial charge in [0.05, 0.1) is 25.6 Å². The van der Waals surface area contributed by atoms with Crippen molar-refractivity contribution in [2.24, 2.45) is 5.92 Å². The largest absolute Gasteiger partial charge is 0.481 e. The number of rotatable bonds is 7. The van der Waals surface area contributed by atoms with E-state index in [1.54, 1.807) is 0 Å². The first-order valence-electron chi connectivity index (χ1n) is 11.3. The Bertz CT molecular complexity index is 1050. The molecule has 2 unspecified atom stereocenters. The zero-order valence-corrected chi connectivity index (χ0v) is 18.9. The molecule has 35 heavy (non-hydrogen) atoms. The van der Waals surface area contributed by atoms with Gasteiger partial charge >= 0.3 is 12.1 Å². The first-order chi connectivity index (χ1) is 16.8. The summed E-state index contributed by atoms with van der Waals surface area (Å²) in [5, 5.41) is 11.3. The molecule has 0 aromatic heterocycles. The van der Waals surface area contributed by atoms with Crippen LogP contribution < -0.4 is 5.32 Å². The molecular weight excluding hydrogens is 462 g/mol. The quantitative estimate of drug-likeness (QED) is 0.621. The Morgan fingerprint density at radius 3 is 2.31 bits per heavy atom. The molecule has 0 bridgehead atoms. The normalized spacial score (nSPS) is 18.4. The van der Waals surface area contributed by atoms with Crippen LogP contribution >= 0.6 is 0 Å². The van der Waals surface area contributed by atoms with Gasteiger partial charge in [0.15, 0.2) is 0 Å². The van der Waals surface area contributed by atoms with E-state index in [1.807, 2.05) is 48.5 Å². The first-order valence-corrected chi connectivity index (χ1v) is 11.3. The fourth-order valence-corrected chi connectivity index (χ4v) is 4.50. The van der Waals surface area contributed by atoms with E-state index in [9.17, 15) is 28.3 Å². The van der Waals surface area contributed by atoms with E-state index in [-0.39, 0.29) is 38.8 Å². The number of nitrogens with zero attached hydrogens (tertiary/aromatic N) is 1. The number of nitrogens with one attached hydrogen (secondary N) is 1. The van der Waals surface area contributed by atoms with E-state index >= 15 is 0 Å². The SMILES string of the molecule is O=C(NC(CC(=O)N1CCOCC(C(=O)O)C1)C(F)F)OCC1c2ccccc2-c2ccccc21. The minimum atomic E-state index is -3.02.